The molecule has 29 heavy (non-hydrogen) atoms. The van der Waals surface area contributed by atoms with E-state index in [0.29, 0.717) is 43.3 Å². The van der Waals surface area contributed by atoms with E-state index >= 15 is 0 Å². The average molecular weight is 421 g/mol. The number of rotatable bonds is 6. The van der Waals surface area contributed by atoms with E-state index in [9.17, 15) is 19.3 Å². The highest BCUT2D eigenvalue weighted by molar-refractivity contribution is 6.31. The Hall–Kier alpha value is -2.55. The summed E-state index contributed by atoms with van der Waals surface area (Å²) in [5, 5.41) is 14.2. The normalized spacial score (nSPS) is 15.3. The summed E-state index contributed by atoms with van der Waals surface area (Å²) < 4.78 is 14.0. The Balaban J connectivity index is 1.52. The SMILES string of the molecule is Cc1ccc(NC(=O)CN2CCN(Cc3c(F)cccc3Cl)CC2)c([N+](=O)[O-])c1. The van der Waals surface area contributed by atoms with E-state index in [2.05, 4.69) is 10.2 Å². The molecule has 1 saturated heterocycles. The van der Waals surface area contributed by atoms with Crippen molar-refractivity contribution in [3.63, 3.8) is 0 Å². The minimum Gasteiger partial charge on any atom is -0.319 e. The lowest BCUT2D eigenvalue weighted by molar-refractivity contribution is -0.384. The minimum atomic E-state index is -0.505. The van der Waals surface area contributed by atoms with E-state index in [4.69, 9.17) is 11.6 Å². The van der Waals surface area contributed by atoms with Crippen LogP contribution in [0.3, 0.4) is 0 Å². The molecule has 0 radical (unpaired) electrons. The molecule has 0 unspecified atom stereocenters. The molecule has 3 rings (SSSR count). The lowest BCUT2D eigenvalue weighted by atomic mass is 10.1. The highest BCUT2D eigenvalue weighted by Gasteiger charge is 2.22. The summed E-state index contributed by atoms with van der Waals surface area (Å²) in [5.41, 5.74) is 1.30. The van der Waals surface area contributed by atoms with Gasteiger partial charge in [0, 0.05) is 49.4 Å². The van der Waals surface area contributed by atoms with Crippen LogP contribution in [0.1, 0.15) is 11.1 Å². The summed E-state index contributed by atoms with van der Waals surface area (Å²) in [6.45, 7) is 4.92. The Kier molecular flexibility index (Phi) is 6.79. The van der Waals surface area contributed by atoms with Gasteiger partial charge in [-0.25, -0.2) is 4.39 Å². The van der Waals surface area contributed by atoms with Gasteiger partial charge in [0.05, 0.1) is 11.5 Å². The number of carbonyl (C=O) groups excluding carboxylic acids is 1. The van der Waals surface area contributed by atoms with Gasteiger partial charge < -0.3 is 5.32 Å². The number of nitrogens with zero attached hydrogens (tertiary/aromatic N) is 3. The number of hydrogen-bond acceptors (Lipinski definition) is 5. The molecule has 0 aromatic heterocycles. The smallest absolute Gasteiger partial charge is 0.293 e. The maximum absolute atomic E-state index is 14.0. The molecule has 1 amide bonds. The van der Waals surface area contributed by atoms with E-state index in [1.54, 1.807) is 31.2 Å². The molecule has 0 spiro atoms. The van der Waals surface area contributed by atoms with Crippen LogP contribution in [0.25, 0.3) is 0 Å². The van der Waals surface area contributed by atoms with Crippen LogP contribution in [0.2, 0.25) is 5.02 Å². The van der Waals surface area contributed by atoms with Crippen molar-refractivity contribution in [2.45, 2.75) is 13.5 Å². The molecule has 1 N–H and O–H groups in total. The average Bonchev–Trinajstić information content (AvgIpc) is 2.67. The van der Waals surface area contributed by atoms with Crippen molar-refractivity contribution in [1.29, 1.82) is 0 Å². The Morgan fingerprint density at radius 2 is 1.90 bits per heavy atom. The number of aryl methyl sites for hydroxylation is 1. The summed E-state index contributed by atoms with van der Waals surface area (Å²) in [6, 6.07) is 9.34. The molecule has 0 bridgehead atoms. The van der Waals surface area contributed by atoms with Crippen molar-refractivity contribution in [3.8, 4) is 0 Å². The first-order valence-corrected chi connectivity index (χ1v) is 9.64. The maximum Gasteiger partial charge on any atom is 0.293 e. The van der Waals surface area contributed by atoms with Gasteiger partial charge in [0.2, 0.25) is 5.91 Å². The van der Waals surface area contributed by atoms with Gasteiger partial charge in [0.1, 0.15) is 11.5 Å². The van der Waals surface area contributed by atoms with Gasteiger partial charge in [-0.05, 0) is 30.7 Å². The Bertz CT molecular complexity index is 896. The van der Waals surface area contributed by atoms with Crippen molar-refractivity contribution in [2.24, 2.45) is 0 Å². The number of nitro benzene ring substituents is 1. The van der Waals surface area contributed by atoms with E-state index in [1.165, 1.54) is 12.1 Å². The van der Waals surface area contributed by atoms with Gasteiger partial charge in [0.15, 0.2) is 0 Å². The van der Waals surface area contributed by atoms with Crippen LogP contribution in [0.4, 0.5) is 15.8 Å². The zero-order valence-electron chi connectivity index (χ0n) is 16.0. The van der Waals surface area contributed by atoms with Crippen LogP contribution >= 0.6 is 11.6 Å². The quantitative estimate of drug-likeness (QED) is 0.572. The Morgan fingerprint density at radius 1 is 1.21 bits per heavy atom. The fraction of sp³-hybridized carbons (Fsp3) is 0.350. The van der Waals surface area contributed by atoms with Gasteiger partial charge in [-0.2, -0.15) is 0 Å². The fourth-order valence-electron chi connectivity index (χ4n) is 3.30. The molecule has 0 aliphatic carbocycles. The van der Waals surface area contributed by atoms with Gasteiger partial charge >= 0.3 is 0 Å². The summed E-state index contributed by atoms with van der Waals surface area (Å²) in [5.74, 6) is -0.624. The van der Waals surface area contributed by atoms with Gasteiger partial charge in [-0.1, -0.05) is 23.7 Å². The van der Waals surface area contributed by atoms with Crippen molar-refractivity contribution in [3.05, 3.63) is 68.5 Å². The van der Waals surface area contributed by atoms with E-state index in [1.807, 2.05) is 4.90 Å². The van der Waals surface area contributed by atoms with Crippen LogP contribution in [-0.4, -0.2) is 53.4 Å². The predicted molar refractivity (Wildman–Crippen MR) is 110 cm³/mol. The molecule has 1 aliphatic rings. The first-order chi connectivity index (χ1) is 13.8. The number of anilines is 1. The third-order valence-corrected chi connectivity index (χ3v) is 5.25. The van der Waals surface area contributed by atoms with Gasteiger partial charge in [-0.15, -0.1) is 0 Å². The molecule has 7 nitrogen and oxygen atoms in total. The van der Waals surface area contributed by atoms with Crippen molar-refractivity contribution in [2.75, 3.05) is 38.0 Å². The number of nitro groups is 1. The molecule has 1 aliphatic heterocycles. The van der Waals surface area contributed by atoms with Crippen LogP contribution in [0.5, 0.6) is 0 Å². The monoisotopic (exact) mass is 420 g/mol. The Morgan fingerprint density at radius 3 is 2.55 bits per heavy atom. The molecule has 0 atom stereocenters. The first-order valence-electron chi connectivity index (χ1n) is 9.26. The molecule has 1 fully saturated rings. The second-order valence-electron chi connectivity index (χ2n) is 7.08. The molecular weight excluding hydrogens is 399 g/mol. The topological polar surface area (TPSA) is 78.7 Å². The number of benzene rings is 2. The molecule has 9 heteroatoms. The maximum atomic E-state index is 14.0. The van der Waals surface area contributed by atoms with Crippen molar-refractivity contribution in [1.82, 2.24) is 9.80 Å². The van der Waals surface area contributed by atoms with Crippen molar-refractivity contribution < 1.29 is 14.1 Å². The number of halogens is 2. The fourth-order valence-corrected chi connectivity index (χ4v) is 3.53. The lowest BCUT2D eigenvalue weighted by Crippen LogP contribution is -2.48. The highest BCUT2D eigenvalue weighted by Crippen LogP contribution is 2.25. The van der Waals surface area contributed by atoms with Gasteiger partial charge in [-0.3, -0.25) is 24.7 Å². The highest BCUT2D eigenvalue weighted by atomic mass is 35.5. The van der Waals surface area contributed by atoms with Crippen LogP contribution in [0, 0.1) is 22.9 Å². The van der Waals surface area contributed by atoms with Crippen LogP contribution < -0.4 is 5.32 Å². The zero-order chi connectivity index (χ0) is 21.0. The number of piperazine rings is 1. The minimum absolute atomic E-state index is 0.120. The molecule has 2 aromatic rings. The zero-order valence-corrected chi connectivity index (χ0v) is 16.8. The van der Waals surface area contributed by atoms with E-state index in [-0.39, 0.29) is 29.6 Å². The second kappa shape index (κ2) is 9.30. The molecule has 154 valence electrons. The first kappa shape index (κ1) is 21.2. The van der Waals surface area contributed by atoms with Crippen molar-refractivity contribution >= 4 is 28.9 Å². The third-order valence-electron chi connectivity index (χ3n) is 4.90. The lowest BCUT2D eigenvalue weighted by Gasteiger charge is -2.34. The molecule has 1 heterocycles. The predicted octanol–water partition coefficient (Wildman–Crippen LogP) is 3.45. The number of hydrogen-bond donors (Lipinski definition) is 1. The molecule has 0 saturated carbocycles. The molecular formula is C20H22ClFN4O3. The third kappa shape index (κ3) is 5.50. The summed E-state index contributed by atoms with van der Waals surface area (Å²) >= 11 is 6.09. The summed E-state index contributed by atoms with van der Waals surface area (Å²) in [7, 11) is 0. The standard InChI is InChI=1S/C20H22ClFN4O3/c1-14-5-6-18(19(11-14)26(28)29)23-20(27)13-25-9-7-24(8-10-25)12-15-16(21)3-2-4-17(15)22/h2-6,11H,7-10,12-13H2,1H3,(H,23,27). The van der Waals surface area contributed by atoms with Gasteiger partial charge in [0.25, 0.3) is 5.69 Å². The van der Waals surface area contributed by atoms with Crippen LogP contribution in [0.15, 0.2) is 36.4 Å². The Labute approximate surface area is 173 Å². The number of nitrogens with one attached hydrogen (secondary N) is 1. The summed E-state index contributed by atoms with van der Waals surface area (Å²) in [4.78, 5) is 27.1. The van der Waals surface area contributed by atoms with E-state index in [0.717, 1.165) is 5.56 Å². The number of amides is 1. The second-order valence-corrected chi connectivity index (χ2v) is 7.49. The number of carbonyl (C=O) groups is 1. The largest absolute Gasteiger partial charge is 0.319 e. The molecule has 2 aromatic carbocycles. The summed E-state index contributed by atoms with van der Waals surface area (Å²) in [6.07, 6.45) is 0. The van der Waals surface area contributed by atoms with E-state index < -0.39 is 4.92 Å². The van der Waals surface area contributed by atoms with Crippen LogP contribution in [-0.2, 0) is 11.3 Å².